The van der Waals surface area contributed by atoms with Crippen molar-refractivity contribution in [2.45, 2.75) is 138 Å². The van der Waals surface area contributed by atoms with Crippen molar-refractivity contribution in [1.29, 1.82) is 0 Å². The van der Waals surface area contributed by atoms with Crippen LogP contribution in [0.1, 0.15) is 168 Å². The minimum absolute atomic E-state index is 0.0163. The fourth-order valence-corrected chi connectivity index (χ4v) is 23.8. The molecule has 8 aromatic carbocycles. The van der Waals surface area contributed by atoms with Crippen molar-refractivity contribution in [2.75, 3.05) is 0 Å². The van der Waals surface area contributed by atoms with Crippen LogP contribution >= 0.6 is 0 Å². The first-order chi connectivity index (χ1) is 64.6. The van der Waals surface area contributed by atoms with Gasteiger partial charge in [0.2, 0.25) is 0 Å². The Labute approximate surface area is 775 Å². The lowest BCUT2D eigenvalue weighted by molar-refractivity contribution is -0.207. The van der Waals surface area contributed by atoms with Crippen molar-refractivity contribution in [3.05, 3.63) is 327 Å². The molecule has 22 rings (SSSR count). The van der Waals surface area contributed by atoms with E-state index in [9.17, 15) is 19.8 Å². The molecule has 0 radical (unpaired) electrons. The number of aliphatic hydroxyl groups excluding tert-OH is 2. The van der Waals surface area contributed by atoms with E-state index in [1.165, 1.54) is 11.1 Å². The van der Waals surface area contributed by atoms with Gasteiger partial charge >= 0.3 is 11.9 Å². The summed E-state index contributed by atoms with van der Waals surface area (Å²) in [5.41, 5.74) is 36.2. The third kappa shape index (κ3) is 15.5. The van der Waals surface area contributed by atoms with E-state index in [1.807, 2.05) is 48.5 Å². The zero-order valence-corrected chi connectivity index (χ0v) is 76.6. The number of aliphatic hydroxyl groups is 2. The lowest BCUT2D eigenvalue weighted by atomic mass is 9.43. The number of ether oxygens (including phenoxy) is 2. The minimum atomic E-state index is -0.592. The highest BCUT2D eigenvalue weighted by Crippen LogP contribution is 2.69. The number of benzene rings is 8. The van der Waals surface area contributed by atoms with Gasteiger partial charge in [-0.05, 0) is 305 Å². The molecule has 0 unspecified atom stereocenters. The number of aromatic nitrogens is 8. The summed E-state index contributed by atoms with van der Waals surface area (Å²) in [6, 6.07) is 84.5. The molecule has 10 heterocycles. The van der Waals surface area contributed by atoms with Crippen molar-refractivity contribution >= 4 is 105 Å². The Hall–Kier alpha value is -14.2. The number of aromatic amines is 4. The van der Waals surface area contributed by atoms with Crippen molar-refractivity contribution in [3.8, 4) is 94.8 Å². The van der Waals surface area contributed by atoms with Crippen LogP contribution in [0.2, 0.25) is 0 Å². The molecule has 14 heteroatoms. The predicted molar refractivity (Wildman–Crippen MR) is 541 cm³/mol. The Morgan fingerprint density at radius 2 is 0.662 bits per heavy atom. The molecule has 133 heavy (non-hydrogen) atoms. The van der Waals surface area contributed by atoms with Gasteiger partial charge in [-0.3, -0.25) is 4.79 Å². The van der Waals surface area contributed by atoms with Crippen LogP contribution in [-0.4, -0.2) is 80.3 Å². The third-order valence-electron chi connectivity index (χ3n) is 30.9. The van der Waals surface area contributed by atoms with Crippen molar-refractivity contribution in [1.82, 2.24) is 39.9 Å². The number of esters is 2. The first kappa shape index (κ1) is 84.4. The largest absolute Gasteiger partial charge is 0.459 e. The van der Waals surface area contributed by atoms with Crippen LogP contribution < -0.4 is 4.74 Å². The van der Waals surface area contributed by atoms with E-state index in [0.717, 1.165) is 220 Å². The van der Waals surface area contributed by atoms with E-state index in [1.54, 1.807) is 0 Å². The highest BCUT2D eigenvalue weighted by Gasteiger charge is 2.66. The number of fused-ring (bicyclic) bond motifs is 21. The molecule has 0 spiro atoms. The SMILES string of the molecule is Cc1ccc(-c2c3nc(c(-c4ccc(C)cc4)c4ccc([nH]4)c(-c4ccc(OC(=O)CC[C@@H](C)[C@H]5CC[C@H]6[C@@H]7[C@H](O)C[C@@H]8C[C@H](OC(=O)c9ccc(-c%10c%11nc(c(-c%12ccc(C)cc%12)c%12ccc([nH]%12)c(-c%12ccc(C)cc%12)c%12nc(c(-c%13ccc(C)cc%13)c%13ccc%10[nH]%13)C=C%12)C=C%11)cc9)CC[C@]8(C)[C@H]7C[C@H](O)[C@]56C)cc4)c4nc(c(-c5ccc(C)cc5)c5ccc2[nH]5)C=C4)C=C3)cc1. The van der Waals surface area contributed by atoms with Gasteiger partial charge in [-0.1, -0.05) is 224 Å². The van der Waals surface area contributed by atoms with E-state index in [2.05, 4.69) is 325 Å². The summed E-state index contributed by atoms with van der Waals surface area (Å²) in [7, 11) is 0. The molecule has 4 aliphatic heterocycles. The van der Waals surface area contributed by atoms with Gasteiger partial charge in [0.15, 0.2) is 0 Å². The molecule has 4 aliphatic carbocycles. The molecule has 8 aliphatic rings. The fraction of sp³-hybridized carbons (Fsp3) is 0.244. The van der Waals surface area contributed by atoms with Gasteiger partial charge in [-0.25, -0.2) is 24.7 Å². The highest BCUT2D eigenvalue weighted by molar-refractivity contribution is 6.04. The van der Waals surface area contributed by atoms with Crippen LogP contribution in [0.15, 0.2) is 243 Å². The normalized spacial score (nSPS) is 21.2. The minimum Gasteiger partial charge on any atom is -0.459 e. The summed E-state index contributed by atoms with van der Waals surface area (Å²) in [4.78, 5) is 66.6. The number of H-pyrrole nitrogens is 4. The van der Waals surface area contributed by atoms with Crippen LogP contribution in [-0.2, 0) is 9.53 Å². The number of hydrogen-bond donors (Lipinski definition) is 6. The summed E-state index contributed by atoms with van der Waals surface area (Å²) in [5, 5.41) is 25.5. The average Bonchev–Trinajstić information content (AvgIpc) is 1.61. The molecule has 4 fully saturated rings. The van der Waals surface area contributed by atoms with Gasteiger partial charge in [0.1, 0.15) is 11.9 Å². The maximum Gasteiger partial charge on any atom is 0.338 e. The van der Waals surface area contributed by atoms with E-state index in [4.69, 9.17) is 29.4 Å². The summed E-state index contributed by atoms with van der Waals surface area (Å²) in [5.74, 6) is 0.317. The van der Waals surface area contributed by atoms with Crippen LogP contribution in [0.3, 0.4) is 0 Å². The Morgan fingerprint density at radius 1 is 0.368 bits per heavy atom. The lowest BCUT2D eigenvalue weighted by Crippen LogP contribution is -2.62. The number of rotatable bonds is 15. The number of hydrogen-bond acceptors (Lipinski definition) is 10. The van der Waals surface area contributed by atoms with E-state index >= 15 is 0 Å². The summed E-state index contributed by atoms with van der Waals surface area (Å²) in [6.07, 6.45) is 21.4. The first-order valence-electron chi connectivity index (χ1n) is 47.3. The molecule has 0 amide bonds. The Morgan fingerprint density at radius 3 is 0.970 bits per heavy atom. The van der Waals surface area contributed by atoms with Crippen LogP contribution in [0.5, 0.6) is 5.75 Å². The quantitative estimate of drug-likeness (QED) is 0.0423. The van der Waals surface area contributed by atoms with Crippen molar-refractivity contribution in [3.63, 3.8) is 0 Å². The van der Waals surface area contributed by atoms with Gasteiger partial charge in [-0.2, -0.15) is 0 Å². The molecule has 11 atom stereocenters. The molecular weight excluding hydrogens is 1640 g/mol. The summed E-state index contributed by atoms with van der Waals surface area (Å²) in [6.45, 7) is 19.6. The molecular formula is C119H108N8O6. The molecule has 14 nitrogen and oxygen atoms in total. The number of nitrogens with zero attached hydrogens (tertiary/aromatic N) is 4. The summed E-state index contributed by atoms with van der Waals surface area (Å²) >= 11 is 0. The number of carbonyl (C=O) groups excluding carboxylic acids is 2. The zero-order chi connectivity index (χ0) is 90.8. The topological polar surface area (TPSA) is 208 Å². The highest BCUT2D eigenvalue weighted by atomic mass is 16.5. The predicted octanol–water partition coefficient (Wildman–Crippen LogP) is 28.0. The standard InChI is InChI=1S/C119H108N8O6/c1-67-10-23-74(24-11-67)108-89-45-49-93(120-89)110(76-27-14-69(3)15-28-76)97-53-57-101(124-97)114(102-58-54-98(125-102)111(94-50-46-90(108)121-94)77-29-16-70(4)17-30-77)80-35-37-82(38-36-80)117(131)133-85-62-63-118(8)83(64-85)65-105(128)116-87-44-43-86(119(87,9)106(129)66-88(116)118)73(7)22-61-107(130)132-84-41-39-81(40-42-84)115-103-59-55-99(126-103)112(78-31-18-71(5)19-32-78)95-51-47-91(122-95)109(75-25-12-68(2)13-26-75)92-48-52-96(123-92)113(100-56-60-104(115)127-100)79-33-20-72(6)21-34-79/h10-21,23-42,45-60,73,83,85-88,105-106,116,120,122,125,127-129H,22,43-44,61-66H2,1-9H3/t73-,83+,85-,86-,87+,88+,105-,106+,116+,118+,119-/m1/s1. The molecule has 660 valence electrons. The van der Waals surface area contributed by atoms with Gasteiger partial charge in [0.05, 0.1) is 63.3 Å². The Kier molecular flexibility index (Phi) is 21.5. The Bertz CT molecular complexity index is 7410. The lowest BCUT2D eigenvalue weighted by Gasteiger charge is -2.63. The van der Waals surface area contributed by atoms with E-state index in [-0.39, 0.29) is 65.4 Å². The smallest absolute Gasteiger partial charge is 0.338 e. The number of carbonyl (C=O) groups is 2. The molecule has 14 aromatic rings. The number of nitrogens with one attached hydrogen (secondary N) is 4. The zero-order valence-electron chi connectivity index (χ0n) is 76.6. The maximum atomic E-state index is 14.7. The second-order valence-corrected chi connectivity index (χ2v) is 39.2. The molecule has 6 aromatic heterocycles. The number of aryl methyl sites for hydroxylation is 6. The fourth-order valence-electron chi connectivity index (χ4n) is 23.8. The van der Waals surface area contributed by atoms with Gasteiger partial charge in [-0.15, -0.1) is 0 Å². The molecule has 4 saturated carbocycles. The van der Waals surface area contributed by atoms with Crippen molar-refractivity contribution in [2.24, 2.45) is 46.3 Å². The van der Waals surface area contributed by atoms with Gasteiger partial charge in [0.25, 0.3) is 0 Å². The second-order valence-electron chi connectivity index (χ2n) is 39.2. The van der Waals surface area contributed by atoms with Gasteiger partial charge < -0.3 is 39.6 Å². The monoisotopic (exact) mass is 1740 g/mol. The summed E-state index contributed by atoms with van der Waals surface area (Å²) < 4.78 is 12.8. The molecule has 6 N–H and O–H groups in total. The second kappa shape index (κ2) is 33.9. The van der Waals surface area contributed by atoms with Crippen LogP contribution in [0.4, 0.5) is 0 Å². The van der Waals surface area contributed by atoms with E-state index < -0.39 is 17.6 Å². The Balaban J connectivity index is 0.499. The van der Waals surface area contributed by atoms with Crippen LogP contribution in [0.25, 0.3) is 182 Å². The first-order valence-corrected chi connectivity index (χ1v) is 47.3. The molecule has 16 bridgehead atoms. The molecule has 0 saturated heterocycles. The van der Waals surface area contributed by atoms with Crippen molar-refractivity contribution < 1.29 is 29.3 Å². The maximum absolute atomic E-state index is 14.7. The van der Waals surface area contributed by atoms with E-state index in [0.29, 0.717) is 43.4 Å². The third-order valence-corrected chi connectivity index (χ3v) is 30.9. The average molecular weight is 1750 g/mol. The van der Waals surface area contributed by atoms with Gasteiger partial charge in [0, 0.05) is 95.1 Å². The van der Waals surface area contributed by atoms with Crippen LogP contribution in [0, 0.1) is 87.9 Å².